The van der Waals surface area contributed by atoms with Crippen molar-refractivity contribution in [2.45, 2.75) is 44.9 Å². The highest BCUT2D eigenvalue weighted by molar-refractivity contribution is 8.00. The highest BCUT2D eigenvalue weighted by atomic mass is 32.2. The van der Waals surface area contributed by atoms with Gasteiger partial charge in [0.15, 0.2) is 5.96 Å². The van der Waals surface area contributed by atoms with Crippen LogP contribution in [0.4, 0.5) is 0 Å². The first-order valence-electron chi connectivity index (χ1n) is 7.28. The summed E-state index contributed by atoms with van der Waals surface area (Å²) in [7, 11) is 1.88. The van der Waals surface area contributed by atoms with Crippen LogP contribution in [-0.2, 0) is 0 Å². The molecule has 0 radical (unpaired) electrons. The third-order valence-electron chi connectivity index (χ3n) is 3.17. The second-order valence-electron chi connectivity index (χ2n) is 6.00. The molecular weight excluding hydrogens is 256 g/mol. The molecule has 19 heavy (non-hydrogen) atoms. The topological polar surface area (TPSA) is 39.7 Å². The van der Waals surface area contributed by atoms with Crippen LogP contribution < -0.4 is 10.6 Å². The Balaban J connectivity index is 2.33. The van der Waals surface area contributed by atoms with Crippen molar-refractivity contribution in [1.29, 1.82) is 0 Å². The monoisotopic (exact) mass is 286 g/mol. The summed E-state index contributed by atoms with van der Waals surface area (Å²) in [5.41, 5.74) is 0.181. The minimum atomic E-state index is 0.181. The third kappa shape index (κ3) is 6.52. The summed E-state index contributed by atoms with van der Waals surface area (Å²) in [6.07, 6.45) is 1.24. The van der Waals surface area contributed by atoms with Crippen molar-refractivity contribution < 1.29 is 0 Å². The molecule has 1 saturated heterocycles. The lowest BCUT2D eigenvalue weighted by Crippen LogP contribution is -2.50. The Bertz CT molecular complexity index is 286. The molecule has 1 heterocycles. The molecule has 1 atom stereocenters. The van der Waals surface area contributed by atoms with Crippen LogP contribution in [0.15, 0.2) is 4.99 Å². The van der Waals surface area contributed by atoms with Crippen LogP contribution in [0.1, 0.15) is 34.1 Å². The fourth-order valence-electron chi connectivity index (χ4n) is 2.10. The van der Waals surface area contributed by atoms with E-state index in [1.165, 1.54) is 12.2 Å². The molecule has 4 nitrogen and oxygen atoms in total. The third-order valence-corrected chi connectivity index (χ3v) is 4.54. The van der Waals surface area contributed by atoms with Crippen LogP contribution in [-0.4, -0.2) is 60.6 Å². The van der Waals surface area contributed by atoms with Gasteiger partial charge in [-0.05, 0) is 27.2 Å². The number of hydrogen-bond acceptors (Lipinski definition) is 3. The lowest BCUT2D eigenvalue weighted by molar-refractivity contribution is 0.399. The van der Waals surface area contributed by atoms with Gasteiger partial charge in [0.1, 0.15) is 0 Å². The molecule has 0 bridgehead atoms. The average molecular weight is 286 g/mol. The molecule has 1 fully saturated rings. The zero-order chi connectivity index (χ0) is 14.3. The summed E-state index contributed by atoms with van der Waals surface area (Å²) in [4.78, 5) is 6.80. The maximum Gasteiger partial charge on any atom is 0.193 e. The van der Waals surface area contributed by atoms with Crippen molar-refractivity contribution in [2.75, 3.05) is 39.0 Å². The van der Waals surface area contributed by atoms with E-state index >= 15 is 0 Å². The zero-order valence-corrected chi connectivity index (χ0v) is 13.9. The number of rotatable bonds is 4. The van der Waals surface area contributed by atoms with E-state index in [1.807, 2.05) is 7.05 Å². The molecule has 1 aliphatic rings. The highest BCUT2D eigenvalue weighted by Crippen LogP contribution is 2.20. The van der Waals surface area contributed by atoms with Gasteiger partial charge >= 0.3 is 0 Å². The second-order valence-corrected chi connectivity index (χ2v) is 7.41. The molecule has 5 heteroatoms. The molecule has 1 aliphatic heterocycles. The number of guanidine groups is 1. The van der Waals surface area contributed by atoms with Gasteiger partial charge in [0, 0.05) is 49.8 Å². The molecular formula is C14H30N4S. The van der Waals surface area contributed by atoms with Crippen LogP contribution in [0, 0.1) is 0 Å². The summed E-state index contributed by atoms with van der Waals surface area (Å²) < 4.78 is 0. The zero-order valence-electron chi connectivity index (χ0n) is 13.1. The Morgan fingerprint density at radius 3 is 2.68 bits per heavy atom. The van der Waals surface area contributed by atoms with Gasteiger partial charge in [-0.1, -0.05) is 6.92 Å². The first kappa shape index (κ1) is 16.6. The summed E-state index contributed by atoms with van der Waals surface area (Å²) in [5.74, 6) is 2.26. The predicted octanol–water partition coefficient (Wildman–Crippen LogP) is 1.78. The van der Waals surface area contributed by atoms with Crippen LogP contribution in [0.3, 0.4) is 0 Å². The van der Waals surface area contributed by atoms with Crippen molar-refractivity contribution in [1.82, 2.24) is 15.5 Å². The molecule has 0 aromatic rings. The van der Waals surface area contributed by atoms with E-state index in [0.717, 1.165) is 37.4 Å². The van der Waals surface area contributed by atoms with Gasteiger partial charge in [-0.2, -0.15) is 11.8 Å². The van der Waals surface area contributed by atoms with E-state index in [4.69, 9.17) is 0 Å². The van der Waals surface area contributed by atoms with Crippen molar-refractivity contribution in [2.24, 2.45) is 4.99 Å². The summed E-state index contributed by atoms with van der Waals surface area (Å²) in [6.45, 7) is 12.9. The minimum absolute atomic E-state index is 0.181. The normalized spacial score (nSPS) is 21.6. The number of aliphatic imine (C=N–C) groups is 1. The van der Waals surface area contributed by atoms with Crippen LogP contribution >= 0.6 is 11.8 Å². The van der Waals surface area contributed by atoms with E-state index < -0.39 is 0 Å². The molecule has 0 spiro atoms. The van der Waals surface area contributed by atoms with Gasteiger partial charge in [-0.3, -0.25) is 4.99 Å². The van der Waals surface area contributed by atoms with Gasteiger partial charge < -0.3 is 15.5 Å². The first-order valence-corrected chi connectivity index (χ1v) is 8.33. The molecule has 0 aliphatic carbocycles. The Morgan fingerprint density at radius 2 is 2.11 bits per heavy atom. The average Bonchev–Trinajstić information content (AvgIpc) is 2.37. The van der Waals surface area contributed by atoms with E-state index in [-0.39, 0.29) is 5.54 Å². The van der Waals surface area contributed by atoms with Crippen LogP contribution in [0.2, 0.25) is 0 Å². The molecule has 2 N–H and O–H groups in total. The number of nitrogens with zero attached hydrogens (tertiary/aromatic N) is 2. The molecule has 1 unspecified atom stereocenters. The number of nitrogens with one attached hydrogen (secondary N) is 2. The molecule has 0 aromatic heterocycles. The maximum atomic E-state index is 4.41. The lowest BCUT2D eigenvalue weighted by atomic mass is 10.1. The van der Waals surface area contributed by atoms with Gasteiger partial charge in [0.2, 0.25) is 0 Å². The Kier molecular flexibility index (Phi) is 7.00. The van der Waals surface area contributed by atoms with E-state index in [0.29, 0.717) is 0 Å². The van der Waals surface area contributed by atoms with Crippen molar-refractivity contribution >= 4 is 17.7 Å². The van der Waals surface area contributed by atoms with Gasteiger partial charge in [-0.25, -0.2) is 0 Å². The predicted molar refractivity (Wildman–Crippen MR) is 87.2 cm³/mol. The standard InChI is InChI=1S/C14H30N4S/c1-6-12-11-18(9-10-19-12)13(15-5)16-7-8-17-14(2,3)4/h12,17H,6-11H2,1-5H3,(H,15,16). The lowest BCUT2D eigenvalue weighted by Gasteiger charge is -2.34. The molecule has 112 valence electrons. The van der Waals surface area contributed by atoms with Crippen molar-refractivity contribution in [3.05, 3.63) is 0 Å². The summed E-state index contributed by atoms with van der Waals surface area (Å²) >= 11 is 2.09. The molecule has 0 amide bonds. The smallest absolute Gasteiger partial charge is 0.193 e. The molecule has 0 aromatic carbocycles. The molecule has 0 saturated carbocycles. The minimum Gasteiger partial charge on any atom is -0.355 e. The molecule has 1 rings (SSSR count). The Morgan fingerprint density at radius 1 is 1.37 bits per heavy atom. The largest absolute Gasteiger partial charge is 0.355 e. The Hall–Kier alpha value is -0.420. The highest BCUT2D eigenvalue weighted by Gasteiger charge is 2.21. The van der Waals surface area contributed by atoms with Gasteiger partial charge in [-0.15, -0.1) is 0 Å². The number of hydrogen-bond donors (Lipinski definition) is 2. The maximum absolute atomic E-state index is 4.41. The van der Waals surface area contributed by atoms with Crippen molar-refractivity contribution in [3.63, 3.8) is 0 Å². The van der Waals surface area contributed by atoms with E-state index in [9.17, 15) is 0 Å². The summed E-state index contributed by atoms with van der Waals surface area (Å²) in [6, 6.07) is 0. The quantitative estimate of drug-likeness (QED) is 0.469. The van der Waals surface area contributed by atoms with E-state index in [2.05, 4.69) is 60.0 Å². The SMILES string of the molecule is CCC1CN(C(=NC)NCCNC(C)(C)C)CCS1. The summed E-state index contributed by atoms with van der Waals surface area (Å²) in [5, 5.41) is 7.69. The van der Waals surface area contributed by atoms with Crippen LogP contribution in [0.5, 0.6) is 0 Å². The number of thioether (sulfide) groups is 1. The fourth-order valence-corrected chi connectivity index (χ4v) is 3.28. The van der Waals surface area contributed by atoms with Gasteiger partial charge in [0.25, 0.3) is 0 Å². The van der Waals surface area contributed by atoms with Crippen molar-refractivity contribution in [3.8, 4) is 0 Å². The fraction of sp³-hybridized carbons (Fsp3) is 0.929. The second kappa shape index (κ2) is 8.00. The Labute approximate surface area is 122 Å². The van der Waals surface area contributed by atoms with Crippen LogP contribution in [0.25, 0.3) is 0 Å². The first-order chi connectivity index (χ1) is 8.96. The van der Waals surface area contributed by atoms with Gasteiger partial charge in [0.05, 0.1) is 0 Å². The van der Waals surface area contributed by atoms with E-state index in [1.54, 1.807) is 0 Å².